The summed E-state index contributed by atoms with van der Waals surface area (Å²) >= 11 is 2.19. The first-order valence-corrected chi connectivity index (χ1v) is 16.4. The number of benzene rings is 7. The maximum atomic E-state index is 2.41. The van der Waals surface area contributed by atoms with Crippen LogP contribution < -0.4 is 4.90 Å². The molecule has 0 fully saturated rings. The molecule has 3 heteroatoms. The Bertz CT molecular complexity index is 2430. The Balaban J connectivity index is 1.29. The number of anilines is 3. The summed E-state index contributed by atoms with van der Waals surface area (Å²) in [7, 11) is 0. The Morgan fingerprint density at radius 1 is 0.415 bits per heavy atom. The Morgan fingerprint density at radius 3 is 1.98 bits per heavy atom. The van der Waals surface area contributed by atoms with Crippen molar-refractivity contribution in [2.45, 2.75) is 0 Å². The second kappa shape index (κ2) is 9.06. The summed E-state index contributed by atoms with van der Waals surface area (Å²) in [5.74, 6) is 0. The molecule has 9 rings (SSSR count). The van der Waals surface area contributed by atoms with Crippen LogP contribution in [0, 0.1) is 0 Å². The molecule has 0 N–H and O–H groups in total. The van der Waals surface area contributed by atoms with Gasteiger partial charge < -0.3 is 0 Å². The maximum absolute atomic E-state index is 2.41. The van der Waals surface area contributed by atoms with Gasteiger partial charge in [-0.25, -0.2) is 0 Å². The Kier molecular flexibility index (Phi) is 5.15. The van der Waals surface area contributed by atoms with Gasteiger partial charge in [0.2, 0.25) is 0 Å². The van der Waals surface area contributed by atoms with E-state index in [4.69, 9.17) is 0 Å². The molecule has 0 saturated heterocycles. The first-order valence-electron chi connectivity index (χ1n) is 13.8. The minimum absolute atomic E-state index is 0.304. The van der Waals surface area contributed by atoms with Crippen molar-refractivity contribution in [3.05, 3.63) is 140 Å². The van der Waals surface area contributed by atoms with Gasteiger partial charge in [0.05, 0.1) is 0 Å². The van der Waals surface area contributed by atoms with Crippen LogP contribution in [-0.4, -0.2) is 14.5 Å². The van der Waals surface area contributed by atoms with Crippen molar-refractivity contribution in [2.75, 3.05) is 4.90 Å². The molecule has 2 heterocycles. The molecule has 0 aliphatic carbocycles. The predicted octanol–water partition coefficient (Wildman–Crippen LogP) is 11.2. The van der Waals surface area contributed by atoms with Gasteiger partial charge in [0, 0.05) is 0 Å². The van der Waals surface area contributed by atoms with E-state index in [0.717, 1.165) is 5.69 Å². The van der Waals surface area contributed by atoms with Crippen molar-refractivity contribution < 1.29 is 0 Å². The van der Waals surface area contributed by atoms with E-state index in [1.54, 1.807) is 0 Å². The number of hydrogen-bond acceptors (Lipinski definition) is 2. The molecule has 0 saturated carbocycles. The summed E-state index contributed by atoms with van der Waals surface area (Å²) in [5, 5.41) is 10.7. The van der Waals surface area contributed by atoms with Crippen LogP contribution in [0.25, 0.3) is 61.0 Å². The molecule has 2 aromatic heterocycles. The van der Waals surface area contributed by atoms with Gasteiger partial charge in [-0.3, -0.25) is 0 Å². The SMILES string of the molecule is c1ccc(N(c2ccc3sc4cc5ccccc5cc4c3c2)c2ccc3ccc4c5ccccc5[se]c4c3c2)cc1. The van der Waals surface area contributed by atoms with E-state index < -0.39 is 0 Å². The van der Waals surface area contributed by atoms with Crippen molar-refractivity contribution in [1.82, 2.24) is 0 Å². The molecule has 0 aliphatic rings. The summed E-state index contributed by atoms with van der Waals surface area (Å²) in [4.78, 5) is 2.41. The summed E-state index contributed by atoms with van der Waals surface area (Å²) in [5.41, 5.74) is 3.53. The minimum atomic E-state index is 0.304. The third kappa shape index (κ3) is 3.67. The van der Waals surface area contributed by atoms with Crippen molar-refractivity contribution in [3.8, 4) is 0 Å². The van der Waals surface area contributed by atoms with Crippen molar-refractivity contribution in [1.29, 1.82) is 0 Å². The first kappa shape index (κ1) is 23.3. The number of para-hydroxylation sites is 1. The van der Waals surface area contributed by atoms with Gasteiger partial charge in [-0.05, 0) is 0 Å². The second-order valence-electron chi connectivity index (χ2n) is 10.6. The molecule has 9 aromatic rings. The number of thiophene rings is 1. The molecule has 0 bridgehead atoms. The van der Waals surface area contributed by atoms with E-state index in [1.807, 2.05) is 11.3 Å². The molecule has 0 radical (unpaired) electrons. The normalized spacial score (nSPS) is 11.9. The van der Waals surface area contributed by atoms with E-state index in [1.165, 1.54) is 72.4 Å². The van der Waals surface area contributed by atoms with Crippen LogP contribution in [0.4, 0.5) is 17.1 Å². The fraction of sp³-hybridized carbons (Fsp3) is 0. The summed E-state index contributed by atoms with van der Waals surface area (Å²) in [6, 6.07) is 51.6. The molecule has 7 aromatic carbocycles. The monoisotopic (exact) mass is 605 g/mol. The predicted molar refractivity (Wildman–Crippen MR) is 181 cm³/mol. The van der Waals surface area contributed by atoms with Crippen molar-refractivity contribution >= 4 is 104 Å². The summed E-state index contributed by atoms with van der Waals surface area (Å²) in [6.07, 6.45) is 0. The standard InChI is InChI=1S/C38H23NSSe/c1-2-10-27(11-3-1)39(28-16-14-24-15-18-31-30-12-6-7-13-37(30)41-38(31)32(24)22-28)29-17-19-35-34(23-29)33-20-25-8-4-5-9-26(25)21-36(33)40-35/h1-23H. The van der Waals surface area contributed by atoms with Crippen LogP contribution >= 0.6 is 11.3 Å². The molecular formula is C38H23NSSe. The molecule has 0 amide bonds. The average Bonchev–Trinajstić information content (AvgIpc) is 3.58. The van der Waals surface area contributed by atoms with Gasteiger partial charge in [-0.1, -0.05) is 18.2 Å². The molecule has 41 heavy (non-hydrogen) atoms. The zero-order valence-corrected chi connectivity index (χ0v) is 24.6. The summed E-state index contributed by atoms with van der Waals surface area (Å²) in [6.45, 7) is 0. The third-order valence-electron chi connectivity index (χ3n) is 8.20. The quantitative estimate of drug-likeness (QED) is 0.181. The van der Waals surface area contributed by atoms with Crippen LogP contribution in [0.5, 0.6) is 0 Å². The molecule has 192 valence electrons. The number of fused-ring (bicyclic) bond motifs is 9. The fourth-order valence-corrected chi connectivity index (χ4v) is 9.94. The Morgan fingerprint density at radius 2 is 1.10 bits per heavy atom. The van der Waals surface area contributed by atoms with Gasteiger partial charge in [-0.15, -0.1) is 0 Å². The van der Waals surface area contributed by atoms with E-state index in [0.29, 0.717) is 14.5 Å². The Hall–Kier alpha value is -4.40. The Labute approximate surface area is 247 Å². The van der Waals surface area contributed by atoms with Crippen LogP contribution in [-0.2, 0) is 0 Å². The molecule has 0 atom stereocenters. The number of hydrogen-bond donors (Lipinski definition) is 0. The fourth-order valence-electron chi connectivity index (χ4n) is 6.24. The van der Waals surface area contributed by atoms with Gasteiger partial charge in [0.15, 0.2) is 0 Å². The van der Waals surface area contributed by atoms with Crippen molar-refractivity contribution in [3.63, 3.8) is 0 Å². The summed E-state index contributed by atoms with van der Waals surface area (Å²) < 4.78 is 5.64. The molecule has 1 nitrogen and oxygen atoms in total. The van der Waals surface area contributed by atoms with Gasteiger partial charge in [0.25, 0.3) is 0 Å². The van der Waals surface area contributed by atoms with Crippen LogP contribution in [0.15, 0.2) is 140 Å². The topological polar surface area (TPSA) is 3.24 Å². The van der Waals surface area contributed by atoms with E-state index in [-0.39, 0.29) is 0 Å². The molecule has 0 spiro atoms. The molecule has 0 unspecified atom stereocenters. The van der Waals surface area contributed by atoms with Gasteiger partial charge >= 0.3 is 230 Å². The number of rotatable bonds is 3. The van der Waals surface area contributed by atoms with E-state index in [9.17, 15) is 0 Å². The molecular weight excluding hydrogens is 581 g/mol. The average molecular weight is 605 g/mol. The van der Waals surface area contributed by atoms with Crippen LogP contribution in [0.3, 0.4) is 0 Å². The zero-order chi connectivity index (χ0) is 26.9. The molecule has 0 aliphatic heterocycles. The second-order valence-corrected chi connectivity index (χ2v) is 13.9. The van der Waals surface area contributed by atoms with Gasteiger partial charge in [-0.2, -0.15) is 0 Å². The number of nitrogens with zero attached hydrogens (tertiary/aromatic N) is 1. The van der Waals surface area contributed by atoms with E-state index >= 15 is 0 Å². The van der Waals surface area contributed by atoms with E-state index in [2.05, 4.69) is 144 Å². The van der Waals surface area contributed by atoms with Crippen LogP contribution in [0.2, 0.25) is 0 Å². The first-order chi connectivity index (χ1) is 20.3. The van der Waals surface area contributed by atoms with Crippen molar-refractivity contribution in [2.24, 2.45) is 0 Å². The van der Waals surface area contributed by atoms with Crippen LogP contribution in [0.1, 0.15) is 0 Å². The van der Waals surface area contributed by atoms with Gasteiger partial charge in [0.1, 0.15) is 0 Å². The zero-order valence-electron chi connectivity index (χ0n) is 22.0. The third-order valence-corrected chi connectivity index (χ3v) is 11.9.